The van der Waals surface area contributed by atoms with Gasteiger partial charge in [-0.2, -0.15) is 0 Å². The second-order valence-corrected chi connectivity index (χ2v) is 4.66. The first kappa shape index (κ1) is 10.5. The number of H-pyrrole nitrogens is 1. The van der Waals surface area contributed by atoms with E-state index >= 15 is 0 Å². The van der Waals surface area contributed by atoms with E-state index in [0.717, 1.165) is 12.8 Å². The van der Waals surface area contributed by atoms with E-state index in [1.54, 1.807) is 0 Å². The van der Waals surface area contributed by atoms with Crippen LogP contribution in [0.3, 0.4) is 0 Å². The molecule has 5 heteroatoms. The van der Waals surface area contributed by atoms with Crippen molar-refractivity contribution in [1.82, 2.24) is 9.97 Å². The molecule has 2 N–H and O–H groups in total. The normalized spacial score (nSPS) is 19.1. The molecule has 0 aliphatic heterocycles. The molecular weight excluding hydrogens is 214 g/mol. The molecule has 0 unspecified atom stereocenters. The van der Waals surface area contributed by atoms with Gasteiger partial charge in [-0.25, -0.2) is 4.98 Å². The fraction of sp³-hybridized carbons (Fsp3) is 0.600. The van der Waals surface area contributed by atoms with E-state index in [9.17, 15) is 4.79 Å². The largest absolute Gasteiger partial charge is 0.363 e. The Hall–Kier alpha value is -1.03. The number of nitrogens with zero attached hydrogens (tertiary/aromatic N) is 1. The van der Waals surface area contributed by atoms with Gasteiger partial charge in [0.05, 0.1) is 6.33 Å². The SMILES string of the molecule is CC1(Nc2nc[nH]c(=O)c2Cl)CCCC1. The van der Waals surface area contributed by atoms with Gasteiger partial charge in [0, 0.05) is 5.54 Å². The average molecular weight is 228 g/mol. The third-order valence-corrected chi connectivity index (χ3v) is 3.27. The Balaban J connectivity index is 2.24. The number of aromatic amines is 1. The minimum Gasteiger partial charge on any atom is -0.363 e. The lowest BCUT2D eigenvalue weighted by molar-refractivity contribution is 0.530. The molecule has 0 atom stereocenters. The standard InChI is InChI=1S/C10H14ClN3O/c1-10(4-2-3-5-10)14-8-7(11)9(15)13-6-12-8/h6H,2-5H2,1H3,(H2,12,13,14,15). The second-order valence-electron chi connectivity index (χ2n) is 4.29. The Labute approximate surface area is 93.1 Å². The van der Waals surface area contributed by atoms with Crippen LogP contribution in [0.2, 0.25) is 5.02 Å². The summed E-state index contributed by atoms with van der Waals surface area (Å²) in [6.07, 6.45) is 5.99. The highest BCUT2D eigenvalue weighted by Crippen LogP contribution is 2.32. The number of hydrogen-bond donors (Lipinski definition) is 2. The summed E-state index contributed by atoms with van der Waals surface area (Å²) in [5, 5.41) is 3.41. The van der Waals surface area contributed by atoms with Gasteiger partial charge < -0.3 is 10.3 Å². The summed E-state index contributed by atoms with van der Waals surface area (Å²) in [4.78, 5) is 17.7. The summed E-state index contributed by atoms with van der Waals surface area (Å²) in [5.74, 6) is 0.491. The molecule has 0 spiro atoms. The Morgan fingerprint density at radius 2 is 2.20 bits per heavy atom. The lowest BCUT2D eigenvalue weighted by atomic mass is 10.0. The van der Waals surface area contributed by atoms with Gasteiger partial charge in [0.2, 0.25) is 0 Å². The van der Waals surface area contributed by atoms with Crippen molar-refractivity contribution in [3.05, 3.63) is 21.7 Å². The van der Waals surface area contributed by atoms with Crippen LogP contribution in [-0.2, 0) is 0 Å². The zero-order chi connectivity index (χ0) is 10.9. The van der Waals surface area contributed by atoms with Gasteiger partial charge in [0.1, 0.15) is 5.02 Å². The highest BCUT2D eigenvalue weighted by molar-refractivity contribution is 6.32. The van der Waals surface area contributed by atoms with E-state index in [1.807, 2.05) is 0 Å². The monoisotopic (exact) mass is 227 g/mol. The van der Waals surface area contributed by atoms with E-state index in [0.29, 0.717) is 5.82 Å². The van der Waals surface area contributed by atoms with Crippen molar-refractivity contribution in [3.63, 3.8) is 0 Å². The maximum Gasteiger partial charge on any atom is 0.271 e. The Bertz CT molecular complexity index is 409. The van der Waals surface area contributed by atoms with Gasteiger partial charge in [-0.1, -0.05) is 24.4 Å². The minimum atomic E-state index is -0.296. The van der Waals surface area contributed by atoms with E-state index in [-0.39, 0.29) is 16.1 Å². The first-order chi connectivity index (χ1) is 7.11. The second kappa shape index (κ2) is 3.85. The Kier molecular flexibility index (Phi) is 2.69. The fourth-order valence-corrected chi connectivity index (χ4v) is 2.19. The van der Waals surface area contributed by atoms with Crippen molar-refractivity contribution >= 4 is 17.4 Å². The van der Waals surface area contributed by atoms with Gasteiger partial charge in [0.25, 0.3) is 5.56 Å². The zero-order valence-corrected chi connectivity index (χ0v) is 9.40. The molecule has 0 amide bonds. The number of anilines is 1. The maximum absolute atomic E-state index is 11.3. The highest BCUT2D eigenvalue weighted by atomic mass is 35.5. The van der Waals surface area contributed by atoms with E-state index in [2.05, 4.69) is 22.2 Å². The Morgan fingerprint density at radius 1 is 1.53 bits per heavy atom. The quantitative estimate of drug-likeness (QED) is 0.814. The van der Waals surface area contributed by atoms with E-state index in [4.69, 9.17) is 11.6 Å². The summed E-state index contributed by atoms with van der Waals surface area (Å²) >= 11 is 5.86. The van der Waals surface area contributed by atoms with Crippen molar-refractivity contribution in [2.24, 2.45) is 0 Å². The maximum atomic E-state index is 11.3. The topological polar surface area (TPSA) is 57.8 Å². The van der Waals surface area contributed by atoms with Gasteiger partial charge in [-0.3, -0.25) is 4.79 Å². The predicted octanol–water partition coefficient (Wildman–Crippen LogP) is 2.17. The van der Waals surface area contributed by atoms with Gasteiger partial charge in [-0.05, 0) is 19.8 Å². The Morgan fingerprint density at radius 3 is 2.87 bits per heavy atom. The molecule has 1 aromatic heterocycles. The van der Waals surface area contributed by atoms with Crippen LogP contribution in [0.4, 0.5) is 5.82 Å². The molecule has 1 aromatic rings. The molecule has 82 valence electrons. The van der Waals surface area contributed by atoms with Gasteiger partial charge in [-0.15, -0.1) is 0 Å². The highest BCUT2D eigenvalue weighted by Gasteiger charge is 2.29. The summed E-state index contributed by atoms with van der Waals surface area (Å²) in [6, 6.07) is 0. The van der Waals surface area contributed by atoms with Crippen molar-refractivity contribution in [3.8, 4) is 0 Å². The zero-order valence-electron chi connectivity index (χ0n) is 8.64. The van der Waals surface area contributed by atoms with E-state index < -0.39 is 0 Å². The van der Waals surface area contributed by atoms with Crippen molar-refractivity contribution in [2.45, 2.75) is 38.1 Å². The lowest BCUT2D eigenvalue weighted by Gasteiger charge is -2.26. The van der Waals surface area contributed by atoms with Crippen LogP contribution in [0.5, 0.6) is 0 Å². The van der Waals surface area contributed by atoms with Crippen molar-refractivity contribution in [1.29, 1.82) is 0 Å². The molecule has 0 radical (unpaired) electrons. The number of aromatic nitrogens is 2. The summed E-state index contributed by atoms with van der Waals surface area (Å²) in [7, 11) is 0. The molecule has 0 saturated heterocycles. The summed E-state index contributed by atoms with van der Waals surface area (Å²) in [6.45, 7) is 2.14. The predicted molar refractivity (Wildman–Crippen MR) is 60.4 cm³/mol. The number of rotatable bonds is 2. The first-order valence-corrected chi connectivity index (χ1v) is 5.50. The summed E-state index contributed by atoms with van der Waals surface area (Å²) < 4.78 is 0. The summed E-state index contributed by atoms with van der Waals surface area (Å²) in [5.41, 5.74) is -0.263. The molecule has 1 fully saturated rings. The van der Waals surface area contributed by atoms with E-state index in [1.165, 1.54) is 19.2 Å². The molecule has 1 heterocycles. The fourth-order valence-electron chi connectivity index (χ4n) is 2.04. The number of hydrogen-bond acceptors (Lipinski definition) is 3. The molecule has 1 saturated carbocycles. The molecule has 0 aromatic carbocycles. The lowest BCUT2D eigenvalue weighted by Crippen LogP contribution is -2.32. The molecule has 0 bridgehead atoms. The third-order valence-electron chi connectivity index (χ3n) is 2.92. The van der Waals surface area contributed by atoms with Gasteiger partial charge in [0.15, 0.2) is 5.82 Å². The van der Waals surface area contributed by atoms with Crippen LogP contribution in [-0.4, -0.2) is 15.5 Å². The van der Waals surface area contributed by atoms with Gasteiger partial charge >= 0.3 is 0 Å². The van der Waals surface area contributed by atoms with Crippen LogP contribution in [0.1, 0.15) is 32.6 Å². The molecule has 1 aliphatic carbocycles. The van der Waals surface area contributed by atoms with Crippen LogP contribution in [0, 0.1) is 0 Å². The third kappa shape index (κ3) is 2.15. The average Bonchev–Trinajstić information content (AvgIpc) is 2.60. The van der Waals surface area contributed by atoms with Crippen LogP contribution < -0.4 is 10.9 Å². The molecule has 1 aliphatic rings. The molecule has 15 heavy (non-hydrogen) atoms. The number of nitrogens with one attached hydrogen (secondary N) is 2. The minimum absolute atomic E-state index is 0.0322. The smallest absolute Gasteiger partial charge is 0.271 e. The molecule has 4 nitrogen and oxygen atoms in total. The van der Waals surface area contributed by atoms with Crippen LogP contribution >= 0.6 is 11.6 Å². The first-order valence-electron chi connectivity index (χ1n) is 5.12. The van der Waals surface area contributed by atoms with Crippen molar-refractivity contribution < 1.29 is 0 Å². The molecular formula is C10H14ClN3O. The number of halogens is 1. The molecule has 2 rings (SSSR count). The van der Waals surface area contributed by atoms with Crippen molar-refractivity contribution in [2.75, 3.05) is 5.32 Å². The van der Waals surface area contributed by atoms with Crippen LogP contribution in [0.15, 0.2) is 11.1 Å². The van der Waals surface area contributed by atoms with Crippen LogP contribution in [0.25, 0.3) is 0 Å².